The zero-order valence-electron chi connectivity index (χ0n) is 10.5. The van der Waals surface area contributed by atoms with Crippen molar-refractivity contribution in [2.75, 3.05) is 19.8 Å². The van der Waals surface area contributed by atoms with E-state index in [1.807, 2.05) is 18.2 Å². The van der Waals surface area contributed by atoms with E-state index in [-0.39, 0.29) is 5.78 Å². The van der Waals surface area contributed by atoms with Crippen molar-refractivity contribution in [1.82, 2.24) is 0 Å². The summed E-state index contributed by atoms with van der Waals surface area (Å²) in [5, 5.41) is 0. The first-order chi connectivity index (χ1) is 8.83. The van der Waals surface area contributed by atoms with Gasteiger partial charge in [0, 0.05) is 25.2 Å². The fraction of sp³-hybridized carbons (Fsp3) is 0.533. The Morgan fingerprint density at radius 3 is 2.89 bits per heavy atom. The van der Waals surface area contributed by atoms with Crippen LogP contribution in [0.4, 0.5) is 0 Å². The van der Waals surface area contributed by atoms with Crippen LogP contribution in [0.2, 0.25) is 0 Å². The second-order valence-corrected chi connectivity index (χ2v) is 5.11. The predicted molar refractivity (Wildman–Crippen MR) is 68.1 cm³/mol. The van der Waals surface area contributed by atoms with Crippen LogP contribution in [-0.4, -0.2) is 25.6 Å². The van der Waals surface area contributed by atoms with E-state index in [0.717, 1.165) is 56.0 Å². The number of benzene rings is 1. The van der Waals surface area contributed by atoms with Gasteiger partial charge < -0.3 is 9.47 Å². The van der Waals surface area contributed by atoms with E-state index in [1.165, 1.54) is 0 Å². The molecule has 0 amide bonds. The monoisotopic (exact) mass is 246 g/mol. The number of aryl methyl sites for hydroxylation is 1. The Hall–Kier alpha value is -1.35. The van der Waals surface area contributed by atoms with Crippen LogP contribution in [0.15, 0.2) is 18.2 Å². The van der Waals surface area contributed by atoms with E-state index in [4.69, 9.17) is 9.47 Å². The van der Waals surface area contributed by atoms with Crippen LogP contribution in [0.1, 0.15) is 35.2 Å². The molecule has 0 spiro atoms. The van der Waals surface area contributed by atoms with Crippen molar-refractivity contribution in [3.8, 4) is 5.75 Å². The van der Waals surface area contributed by atoms with Crippen molar-refractivity contribution in [2.24, 2.45) is 5.92 Å². The maximum atomic E-state index is 11.5. The van der Waals surface area contributed by atoms with Gasteiger partial charge in [-0.3, -0.25) is 4.79 Å². The molecule has 96 valence electrons. The maximum Gasteiger partial charge on any atom is 0.163 e. The molecule has 0 saturated carbocycles. The Morgan fingerprint density at radius 1 is 1.22 bits per heavy atom. The molecule has 1 aliphatic carbocycles. The minimum Gasteiger partial charge on any atom is -0.493 e. The third kappa shape index (κ3) is 2.41. The van der Waals surface area contributed by atoms with Gasteiger partial charge in [0.1, 0.15) is 5.75 Å². The lowest BCUT2D eigenvalue weighted by Crippen LogP contribution is -2.21. The van der Waals surface area contributed by atoms with Crippen molar-refractivity contribution < 1.29 is 14.3 Å². The lowest BCUT2D eigenvalue weighted by molar-refractivity contribution is 0.0497. The molecule has 0 atom stereocenters. The largest absolute Gasteiger partial charge is 0.493 e. The molecule has 1 aromatic carbocycles. The second-order valence-electron chi connectivity index (χ2n) is 5.11. The lowest BCUT2D eigenvalue weighted by atomic mass is 10.0. The molecule has 0 bridgehead atoms. The predicted octanol–water partition coefficient (Wildman–Crippen LogP) is 2.62. The van der Waals surface area contributed by atoms with Crippen molar-refractivity contribution >= 4 is 5.78 Å². The molecule has 0 radical (unpaired) electrons. The summed E-state index contributed by atoms with van der Waals surface area (Å²) >= 11 is 0. The number of ketones is 1. The average Bonchev–Trinajstić information content (AvgIpc) is 2.79. The zero-order chi connectivity index (χ0) is 12.4. The van der Waals surface area contributed by atoms with E-state index < -0.39 is 0 Å². The van der Waals surface area contributed by atoms with Gasteiger partial charge in [0.2, 0.25) is 0 Å². The van der Waals surface area contributed by atoms with Crippen LogP contribution in [0.25, 0.3) is 0 Å². The van der Waals surface area contributed by atoms with Crippen LogP contribution in [-0.2, 0) is 11.2 Å². The molecule has 1 heterocycles. The summed E-state index contributed by atoms with van der Waals surface area (Å²) in [5.41, 5.74) is 2.03. The molecule has 3 heteroatoms. The van der Waals surface area contributed by atoms with Crippen LogP contribution in [0.3, 0.4) is 0 Å². The van der Waals surface area contributed by atoms with Crippen LogP contribution in [0.5, 0.6) is 5.75 Å². The Kier molecular flexibility index (Phi) is 3.33. The van der Waals surface area contributed by atoms with E-state index in [0.29, 0.717) is 12.3 Å². The quantitative estimate of drug-likeness (QED) is 0.822. The molecule has 3 rings (SSSR count). The minimum atomic E-state index is 0.265. The van der Waals surface area contributed by atoms with Gasteiger partial charge >= 0.3 is 0 Å². The number of rotatable bonds is 3. The Bertz CT molecular complexity index is 447. The van der Waals surface area contributed by atoms with Gasteiger partial charge in [-0.05, 0) is 48.9 Å². The minimum absolute atomic E-state index is 0.265. The van der Waals surface area contributed by atoms with E-state index in [9.17, 15) is 4.79 Å². The van der Waals surface area contributed by atoms with Gasteiger partial charge in [0.15, 0.2) is 5.78 Å². The fourth-order valence-corrected chi connectivity index (χ4v) is 2.65. The highest BCUT2D eigenvalue weighted by Crippen LogP contribution is 2.26. The number of hydrogen-bond donors (Lipinski definition) is 0. The average molecular weight is 246 g/mol. The van der Waals surface area contributed by atoms with Crippen molar-refractivity contribution in [1.29, 1.82) is 0 Å². The summed E-state index contributed by atoms with van der Waals surface area (Å²) in [6.45, 7) is 2.47. The van der Waals surface area contributed by atoms with Gasteiger partial charge in [-0.25, -0.2) is 0 Å². The summed E-state index contributed by atoms with van der Waals surface area (Å²) in [6.07, 6.45) is 3.69. The highest BCUT2D eigenvalue weighted by molar-refractivity contribution is 6.00. The summed E-state index contributed by atoms with van der Waals surface area (Å²) in [6, 6.07) is 5.85. The van der Waals surface area contributed by atoms with Gasteiger partial charge in [-0.15, -0.1) is 0 Å². The molecule has 0 unspecified atom stereocenters. The first kappa shape index (κ1) is 11.7. The Labute approximate surface area is 107 Å². The van der Waals surface area contributed by atoms with Crippen LogP contribution in [0, 0.1) is 5.92 Å². The van der Waals surface area contributed by atoms with Gasteiger partial charge in [0.25, 0.3) is 0 Å². The summed E-state index contributed by atoms with van der Waals surface area (Å²) < 4.78 is 11.2. The number of hydrogen-bond acceptors (Lipinski definition) is 3. The van der Waals surface area contributed by atoms with Crippen LogP contribution >= 0.6 is 0 Å². The SMILES string of the molecule is O=C1CCc2cc(OCC3CCOCC3)ccc21. The topological polar surface area (TPSA) is 35.5 Å². The van der Waals surface area contributed by atoms with Gasteiger partial charge in [0.05, 0.1) is 6.61 Å². The molecule has 0 aromatic heterocycles. The maximum absolute atomic E-state index is 11.5. The van der Waals surface area contributed by atoms with E-state index >= 15 is 0 Å². The summed E-state index contributed by atoms with van der Waals surface area (Å²) in [4.78, 5) is 11.5. The molecule has 2 aliphatic rings. The van der Waals surface area contributed by atoms with Gasteiger partial charge in [-0.2, -0.15) is 0 Å². The molecule has 3 nitrogen and oxygen atoms in total. The molecule has 1 aliphatic heterocycles. The summed E-state index contributed by atoms with van der Waals surface area (Å²) in [5.74, 6) is 1.77. The molecular formula is C15H18O3. The van der Waals surface area contributed by atoms with E-state index in [2.05, 4.69) is 0 Å². The Balaban J connectivity index is 1.61. The van der Waals surface area contributed by atoms with Crippen LogP contribution < -0.4 is 4.74 Å². The number of carbonyl (C=O) groups is 1. The first-order valence-corrected chi connectivity index (χ1v) is 6.69. The fourth-order valence-electron chi connectivity index (χ4n) is 2.65. The highest BCUT2D eigenvalue weighted by atomic mass is 16.5. The van der Waals surface area contributed by atoms with Crippen molar-refractivity contribution in [3.63, 3.8) is 0 Å². The third-order valence-corrected chi connectivity index (χ3v) is 3.83. The first-order valence-electron chi connectivity index (χ1n) is 6.69. The number of Topliss-reactive ketones (excluding diaryl/α,β-unsaturated/α-hetero) is 1. The summed E-state index contributed by atoms with van der Waals surface area (Å²) in [7, 11) is 0. The molecule has 18 heavy (non-hydrogen) atoms. The zero-order valence-corrected chi connectivity index (χ0v) is 10.5. The Morgan fingerprint density at radius 2 is 2.06 bits per heavy atom. The normalized spacial score (nSPS) is 19.9. The number of carbonyl (C=O) groups excluding carboxylic acids is 1. The van der Waals surface area contributed by atoms with Gasteiger partial charge in [-0.1, -0.05) is 0 Å². The van der Waals surface area contributed by atoms with Crippen molar-refractivity contribution in [3.05, 3.63) is 29.3 Å². The number of fused-ring (bicyclic) bond motifs is 1. The smallest absolute Gasteiger partial charge is 0.163 e. The molecule has 1 aromatic rings. The molecular weight excluding hydrogens is 228 g/mol. The molecule has 1 fully saturated rings. The van der Waals surface area contributed by atoms with E-state index in [1.54, 1.807) is 0 Å². The van der Waals surface area contributed by atoms with Crippen molar-refractivity contribution in [2.45, 2.75) is 25.7 Å². The lowest BCUT2D eigenvalue weighted by Gasteiger charge is -2.22. The molecule has 1 saturated heterocycles. The third-order valence-electron chi connectivity index (χ3n) is 3.83. The highest BCUT2D eigenvalue weighted by Gasteiger charge is 2.20. The standard InChI is InChI=1S/C15H18O3/c16-15-4-1-12-9-13(2-3-14(12)15)18-10-11-5-7-17-8-6-11/h2-3,9,11H,1,4-8,10H2. The molecule has 0 N–H and O–H groups in total. The second kappa shape index (κ2) is 5.11. The number of ether oxygens (including phenoxy) is 2.